The number of nitrogen functional groups attached to an aromatic ring is 1. The standard InChI is InChI=1S/C15H24N2O3S/c1-10-6-5-7-17(12(10)3)21(18,19)15-9-13(16)11(2)8-14(15)20-4/h8-10,12H,5-7,16H2,1-4H3. The number of benzene rings is 1. The summed E-state index contributed by atoms with van der Waals surface area (Å²) in [5.74, 6) is 0.703. The molecule has 2 atom stereocenters. The van der Waals surface area contributed by atoms with Gasteiger partial charge in [0.2, 0.25) is 10.0 Å². The number of nitrogens with two attached hydrogens (primary N) is 1. The van der Waals surface area contributed by atoms with Crippen LogP contribution in [0.4, 0.5) is 5.69 Å². The second-order valence-corrected chi connectivity index (χ2v) is 7.69. The predicted octanol–water partition coefficient (Wildman–Crippen LogP) is 2.39. The highest BCUT2D eigenvalue weighted by Gasteiger charge is 2.36. The van der Waals surface area contributed by atoms with Crippen LogP contribution in [0.2, 0.25) is 0 Å². The first-order valence-corrected chi connectivity index (χ1v) is 8.69. The molecule has 0 radical (unpaired) electrons. The van der Waals surface area contributed by atoms with E-state index >= 15 is 0 Å². The molecule has 5 nitrogen and oxygen atoms in total. The third-order valence-electron chi connectivity index (χ3n) is 4.45. The average Bonchev–Trinajstić information content (AvgIpc) is 2.44. The summed E-state index contributed by atoms with van der Waals surface area (Å²) < 4.78 is 32.8. The van der Waals surface area contributed by atoms with Gasteiger partial charge in [-0.25, -0.2) is 8.42 Å². The van der Waals surface area contributed by atoms with Gasteiger partial charge < -0.3 is 10.5 Å². The number of hydrogen-bond donors (Lipinski definition) is 1. The van der Waals surface area contributed by atoms with Crippen LogP contribution >= 0.6 is 0 Å². The molecule has 0 bridgehead atoms. The molecule has 2 unspecified atom stereocenters. The van der Waals surface area contributed by atoms with Crippen LogP contribution in [0.25, 0.3) is 0 Å². The summed E-state index contributed by atoms with van der Waals surface area (Å²) in [6, 6.07) is 3.17. The van der Waals surface area contributed by atoms with Crippen LogP contribution in [0, 0.1) is 12.8 Å². The average molecular weight is 312 g/mol. The number of methoxy groups -OCH3 is 1. The largest absolute Gasteiger partial charge is 0.495 e. The Morgan fingerprint density at radius 3 is 2.62 bits per heavy atom. The summed E-state index contributed by atoms with van der Waals surface area (Å²) in [6.07, 6.45) is 1.94. The van der Waals surface area contributed by atoms with Crippen molar-refractivity contribution in [2.24, 2.45) is 5.92 Å². The lowest BCUT2D eigenvalue weighted by Crippen LogP contribution is -2.45. The molecule has 21 heavy (non-hydrogen) atoms. The minimum absolute atomic E-state index is 0.0176. The fraction of sp³-hybridized carbons (Fsp3) is 0.600. The highest BCUT2D eigenvalue weighted by molar-refractivity contribution is 7.89. The molecule has 0 amide bonds. The van der Waals surface area contributed by atoms with E-state index in [4.69, 9.17) is 10.5 Å². The normalized spacial score (nSPS) is 24.0. The Hall–Kier alpha value is -1.27. The van der Waals surface area contributed by atoms with Gasteiger partial charge in [-0.3, -0.25) is 0 Å². The smallest absolute Gasteiger partial charge is 0.247 e. The maximum atomic E-state index is 13.0. The van der Waals surface area contributed by atoms with E-state index in [0.717, 1.165) is 18.4 Å². The van der Waals surface area contributed by atoms with Crippen molar-refractivity contribution >= 4 is 15.7 Å². The van der Waals surface area contributed by atoms with Crippen molar-refractivity contribution in [2.45, 2.75) is 44.6 Å². The molecule has 0 aromatic heterocycles. The lowest BCUT2D eigenvalue weighted by molar-refractivity contribution is 0.202. The molecule has 1 aromatic rings. The van der Waals surface area contributed by atoms with Crippen molar-refractivity contribution in [3.05, 3.63) is 17.7 Å². The number of rotatable bonds is 3. The minimum atomic E-state index is -3.60. The number of piperidine rings is 1. The van der Waals surface area contributed by atoms with Crippen LogP contribution in [-0.2, 0) is 10.0 Å². The topological polar surface area (TPSA) is 72.6 Å². The Kier molecular flexibility index (Phi) is 4.49. The molecule has 1 aromatic carbocycles. The number of hydrogen-bond acceptors (Lipinski definition) is 4. The third kappa shape index (κ3) is 2.87. The van der Waals surface area contributed by atoms with Crippen LogP contribution in [0.15, 0.2) is 17.0 Å². The monoisotopic (exact) mass is 312 g/mol. The Labute approximate surface area is 127 Å². The molecule has 2 N–H and O–H groups in total. The van der Waals surface area contributed by atoms with Gasteiger partial charge in [0.15, 0.2) is 0 Å². The summed E-state index contributed by atoms with van der Waals surface area (Å²) in [4.78, 5) is 0.161. The van der Waals surface area contributed by atoms with Gasteiger partial charge in [0.05, 0.1) is 7.11 Å². The summed E-state index contributed by atoms with van der Waals surface area (Å²) in [7, 11) is -2.12. The van der Waals surface area contributed by atoms with Gasteiger partial charge in [0.25, 0.3) is 0 Å². The van der Waals surface area contributed by atoms with Crippen LogP contribution in [0.3, 0.4) is 0 Å². The van der Waals surface area contributed by atoms with E-state index in [1.165, 1.54) is 13.2 Å². The number of anilines is 1. The highest BCUT2D eigenvalue weighted by Crippen LogP contribution is 2.35. The van der Waals surface area contributed by atoms with E-state index in [0.29, 0.717) is 23.9 Å². The van der Waals surface area contributed by atoms with Gasteiger partial charge in [0.1, 0.15) is 10.6 Å². The predicted molar refractivity (Wildman–Crippen MR) is 83.9 cm³/mol. The number of sulfonamides is 1. The second-order valence-electron chi connectivity index (χ2n) is 5.84. The molecule has 0 saturated carbocycles. The Balaban J connectivity index is 2.51. The van der Waals surface area contributed by atoms with Gasteiger partial charge in [-0.15, -0.1) is 0 Å². The Bertz CT molecular complexity index is 628. The molecule has 6 heteroatoms. The van der Waals surface area contributed by atoms with Gasteiger partial charge in [-0.2, -0.15) is 4.31 Å². The van der Waals surface area contributed by atoms with Gasteiger partial charge in [-0.1, -0.05) is 6.92 Å². The zero-order chi connectivity index (χ0) is 15.8. The van der Waals surface area contributed by atoms with Crippen LogP contribution in [-0.4, -0.2) is 32.4 Å². The first-order chi connectivity index (χ1) is 9.78. The lowest BCUT2D eigenvalue weighted by Gasteiger charge is -2.37. The van der Waals surface area contributed by atoms with E-state index in [1.807, 2.05) is 13.8 Å². The van der Waals surface area contributed by atoms with Gasteiger partial charge in [0, 0.05) is 18.3 Å². The molecule has 1 saturated heterocycles. The van der Waals surface area contributed by atoms with Gasteiger partial charge >= 0.3 is 0 Å². The van der Waals surface area contributed by atoms with Crippen molar-refractivity contribution in [1.82, 2.24) is 4.31 Å². The summed E-state index contributed by atoms with van der Waals surface area (Å²) >= 11 is 0. The zero-order valence-electron chi connectivity index (χ0n) is 13.1. The van der Waals surface area contributed by atoms with E-state index < -0.39 is 10.0 Å². The maximum absolute atomic E-state index is 13.0. The van der Waals surface area contributed by atoms with E-state index in [9.17, 15) is 8.42 Å². The molecule has 0 spiro atoms. The highest BCUT2D eigenvalue weighted by atomic mass is 32.2. The summed E-state index contributed by atoms with van der Waals surface area (Å²) in [6.45, 7) is 6.43. The molecular formula is C15H24N2O3S. The second kappa shape index (κ2) is 5.85. The van der Waals surface area contributed by atoms with Gasteiger partial charge in [-0.05, 0) is 50.3 Å². The van der Waals surface area contributed by atoms with Crippen molar-refractivity contribution in [3.63, 3.8) is 0 Å². The van der Waals surface area contributed by atoms with Crippen molar-refractivity contribution in [1.29, 1.82) is 0 Å². The fourth-order valence-electron chi connectivity index (χ4n) is 2.80. The maximum Gasteiger partial charge on any atom is 0.247 e. The Morgan fingerprint density at radius 1 is 1.33 bits per heavy atom. The van der Waals surface area contributed by atoms with Crippen molar-refractivity contribution < 1.29 is 13.2 Å². The first-order valence-electron chi connectivity index (χ1n) is 7.25. The van der Waals surface area contributed by atoms with Crippen molar-refractivity contribution in [3.8, 4) is 5.75 Å². The summed E-state index contributed by atoms with van der Waals surface area (Å²) in [5.41, 5.74) is 7.17. The molecule has 1 aliphatic heterocycles. The lowest BCUT2D eigenvalue weighted by atomic mass is 9.94. The van der Waals surface area contributed by atoms with E-state index in [-0.39, 0.29) is 10.9 Å². The molecule has 2 rings (SSSR count). The molecule has 0 aliphatic carbocycles. The van der Waals surface area contributed by atoms with Crippen LogP contribution in [0.1, 0.15) is 32.3 Å². The molecule has 118 valence electrons. The minimum Gasteiger partial charge on any atom is -0.495 e. The first kappa shape index (κ1) is 16.1. The quantitative estimate of drug-likeness (QED) is 0.870. The zero-order valence-corrected chi connectivity index (χ0v) is 13.9. The van der Waals surface area contributed by atoms with Crippen LogP contribution < -0.4 is 10.5 Å². The summed E-state index contributed by atoms with van der Waals surface area (Å²) in [5, 5.41) is 0. The van der Waals surface area contributed by atoms with Crippen molar-refractivity contribution in [2.75, 3.05) is 19.4 Å². The van der Waals surface area contributed by atoms with E-state index in [2.05, 4.69) is 6.92 Å². The number of aryl methyl sites for hydroxylation is 1. The SMILES string of the molecule is COc1cc(C)c(N)cc1S(=O)(=O)N1CCCC(C)C1C. The Morgan fingerprint density at radius 2 is 2.00 bits per heavy atom. The molecule has 1 aliphatic rings. The molecule has 1 heterocycles. The third-order valence-corrected chi connectivity index (χ3v) is 6.46. The number of nitrogens with zero attached hydrogens (tertiary/aromatic N) is 1. The number of ether oxygens (including phenoxy) is 1. The van der Waals surface area contributed by atoms with Crippen LogP contribution in [0.5, 0.6) is 5.75 Å². The fourth-order valence-corrected chi connectivity index (χ4v) is 4.74. The van der Waals surface area contributed by atoms with E-state index in [1.54, 1.807) is 10.4 Å². The molecule has 1 fully saturated rings. The molecular weight excluding hydrogens is 288 g/mol.